The molecule has 0 bridgehead atoms. The molecule has 1 saturated heterocycles. The maximum absolute atomic E-state index is 12.9. The van der Waals surface area contributed by atoms with E-state index >= 15 is 0 Å². The number of sulfone groups is 1. The minimum atomic E-state index is -4.57. The standard InChI is InChI=1S/C15H19F3N2O4S/c1-3-24-12-5-4-10(15(16,17)18)8-11(12)19-13(21)20-14(2)6-7-25(22,23)9-14/h4-5,8H,3,6-7,9H2,1-2H3,(H2,19,20,21)/t14-/m1/s1. The van der Waals surface area contributed by atoms with E-state index in [9.17, 15) is 26.4 Å². The fraction of sp³-hybridized carbons (Fsp3) is 0.533. The molecule has 140 valence electrons. The van der Waals surface area contributed by atoms with E-state index in [1.807, 2.05) is 0 Å². The number of alkyl halides is 3. The van der Waals surface area contributed by atoms with Crippen LogP contribution in [0, 0.1) is 0 Å². The lowest BCUT2D eigenvalue weighted by Crippen LogP contribution is -2.48. The lowest BCUT2D eigenvalue weighted by atomic mass is 10.0. The quantitative estimate of drug-likeness (QED) is 0.841. The van der Waals surface area contributed by atoms with Gasteiger partial charge in [0, 0.05) is 0 Å². The fourth-order valence-electron chi connectivity index (χ4n) is 2.62. The van der Waals surface area contributed by atoms with Crippen molar-refractivity contribution in [1.82, 2.24) is 5.32 Å². The molecular weight excluding hydrogens is 361 g/mol. The Morgan fingerprint density at radius 3 is 2.56 bits per heavy atom. The maximum atomic E-state index is 12.9. The summed E-state index contributed by atoms with van der Waals surface area (Å²) in [5, 5.41) is 4.84. The van der Waals surface area contributed by atoms with Gasteiger partial charge in [0.2, 0.25) is 0 Å². The van der Waals surface area contributed by atoms with Crippen molar-refractivity contribution >= 4 is 21.6 Å². The third-order valence-electron chi connectivity index (χ3n) is 3.77. The van der Waals surface area contributed by atoms with Crippen molar-refractivity contribution in [3.8, 4) is 5.75 Å². The summed E-state index contributed by atoms with van der Waals surface area (Å²) in [5.41, 5.74) is -2.03. The molecule has 2 rings (SSSR count). The molecule has 1 fully saturated rings. The van der Waals surface area contributed by atoms with Gasteiger partial charge in [-0.3, -0.25) is 0 Å². The Hall–Kier alpha value is -1.97. The van der Waals surface area contributed by atoms with Gasteiger partial charge in [0.1, 0.15) is 5.75 Å². The number of benzene rings is 1. The normalized spacial score (nSPS) is 22.4. The summed E-state index contributed by atoms with van der Waals surface area (Å²) in [6.07, 6.45) is -4.33. The number of nitrogens with one attached hydrogen (secondary N) is 2. The summed E-state index contributed by atoms with van der Waals surface area (Å²) < 4.78 is 66.9. The largest absolute Gasteiger partial charge is 0.492 e. The van der Waals surface area contributed by atoms with Crippen molar-refractivity contribution < 1.29 is 31.1 Å². The zero-order valence-corrected chi connectivity index (χ0v) is 14.6. The molecule has 6 nitrogen and oxygen atoms in total. The number of amides is 2. The van der Waals surface area contributed by atoms with Gasteiger partial charge in [-0.1, -0.05) is 0 Å². The van der Waals surface area contributed by atoms with Crippen LogP contribution in [0.4, 0.5) is 23.7 Å². The molecule has 0 spiro atoms. The van der Waals surface area contributed by atoms with Gasteiger partial charge in [0.05, 0.1) is 34.9 Å². The monoisotopic (exact) mass is 380 g/mol. The van der Waals surface area contributed by atoms with Gasteiger partial charge in [0.15, 0.2) is 9.84 Å². The molecule has 1 atom stereocenters. The lowest BCUT2D eigenvalue weighted by molar-refractivity contribution is -0.137. The highest BCUT2D eigenvalue weighted by Gasteiger charge is 2.39. The van der Waals surface area contributed by atoms with Crippen molar-refractivity contribution in [2.24, 2.45) is 0 Å². The third kappa shape index (κ3) is 5.00. The van der Waals surface area contributed by atoms with Crippen LogP contribution in [0.2, 0.25) is 0 Å². The van der Waals surface area contributed by atoms with E-state index < -0.39 is 33.1 Å². The van der Waals surface area contributed by atoms with E-state index in [1.54, 1.807) is 13.8 Å². The predicted molar refractivity (Wildman–Crippen MR) is 86.4 cm³/mol. The van der Waals surface area contributed by atoms with Crippen LogP contribution >= 0.6 is 0 Å². The number of anilines is 1. The maximum Gasteiger partial charge on any atom is 0.416 e. The van der Waals surface area contributed by atoms with Gasteiger partial charge in [-0.25, -0.2) is 13.2 Å². The Morgan fingerprint density at radius 1 is 1.36 bits per heavy atom. The van der Waals surface area contributed by atoms with Gasteiger partial charge in [-0.15, -0.1) is 0 Å². The van der Waals surface area contributed by atoms with Crippen LogP contribution in [0.5, 0.6) is 5.75 Å². The summed E-state index contributed by atoms with van der Waals surface area (Å²) in [6.45, 7) is 3.44. The van der Waals surface area contributed by atoms with E-state index in [4.69, 9.17) is 4.74 Å². The number of carbonyl (C=O) groups excluding carboxylic acids is 1. The summed E-state index contributed by atoms with van der Waals surface area (Å²) in [7, 11) is -3.23. The SMILES string of the molecule is CCOc1ccc(C(F)(F)F)cc1NC(=O)N[C@]1(C)CCS(=O)(=O)C1. The van der Waals surface area contributed by atoms with E-state index in [2.05, 4.69) is 10.6 Å². The lowest BCUT2D eigenvalue weighted by Gasteiger charge is -2.24. The van der Waals surface area contributed by atoms with E-state index in [-0.39, 0.29) is 36.0 Å². The van der Waals surface area contributed by atoms with E-state index in [1.165, 1.54) is 0 Å². The minimum Gasteiger partial charge on any atom is -0.492 e. The van der Waals surface area contributed by atoms with Crippen LogP contribution in [0.1, 0.15) is 25.8 Å². The van der Waals surface area contributed by atoms with Crippen LogP contribution in [-0.4, -0.2) is 38.1 Å². The van der Waals surface area contributed by atoms with Gasteiger partial charge in [-0.2, -0.15) is 13.2 Å². The highest BCUT2D eigenvalue weighted by atomic mass is 32.2. The van der Waals surface area contributed by atoms with Crippen LogP contribution < -0.4 is 15.4 Å². The van der Waals surface area contributed by atoms with E-state index in [0.717, 1.165) is 18.2 Å². The zero-order chi connectivity index (χ0) is 18.9. The second-order valence-electron chi connectivity index (χ2n) is 6.12. The summed E-state index contributed by atoms with van der Waals surface area (Å²) in [5.74, 6) is -0.166. The Kier molecular flexibility index (Phi) is 5.22. The zero-order valence-electron chi connectivity index (χ0n) is 13.7. The third-order valence-corrected chi connectivity index (χ3v) is 5.68. The Morgan fingerprint density at radius 2 is 2.04 bits per heavy atom. The minimum absolute atomic E-state index is 0.0441. The molecule has 25 heavy (non-hydrogen) atoms. The number of hydrogen-bond acceptors (Lipinski definition) is 4. The number of halogens is 3. The second-order valence-corrected chi connectivity index (χ2v) is 8.31. The second kappa shape index (κ2) is 6.74. The molecule has 1 heterocycles. The average molecular weight is 380 g/mol. The number of urea groups is 1. The van der Waals surface area contributed by atoms with Crippen molar-refractivity contribution in [3.63, 3.8) is 0 Å². The molecule has 0 radical (unpaired) electrons. The molecule has 2 N–H and O–H groups in total. The van der Waals surface area contributed by atoms with Crippen LogP contribution in [0.25, 0.3) is 0 Å². The first-order valence-electron chi connectivity index (χ1n) is 7.58. The summed E-state index contributed by atoms with van der Waals surface area (Å²) in [6, 6.07) is 1.97. The fourth-order valence-corrected chi connectivity index (χ4v) is 4.72. The molecule has 0 unspecified atom stereocenters. The van der Waals surface area contributed by atoms with Crippen molar-refractivity contribution in [3.05, 3.63) is 23.8 Å². The van der Waals surface area contributed by atoms with Gasteiger partial charge in [-0.05, 0) is 38.5 Å². The Bertz CT molecular complexity index is 765. The molecule has 1 aromatic carbocycles. The number of ether oxygens (including phenoxy) is 1. The van der Waals surface area contributed by atoms with E-state index in [0.29, 0.717) is 0 Å². The summed E-state index contributed by atoms with van der Waals surface area (Å²) in [4.78, 5) is 12.1. The molecule has 0 saturated carbocycles. The molecule has 0 aromatic heterocycles. The molecule has 0 aliphatic carbocycles. The molecule has 2 amide bonds. The van der Waals surface area contributed by atoms with Crippen LogP contribution in [-0.2, 0) is 16.0 Å². The van der Waals surface area contributed by atoms with Crippen molar-refractivity contribution in [2.75, 3.05) is 23.4 Å². The Labute approximate surface area is 143 Å². The smallest absolute Gasteiger partial charge is 0.416 e. The first kappa shape index (κ1) is 19.4. The molecule has 1 aromatic rings. The molecular formula is C15H19F3N2O4S. The number of hydrogen-bond donors (Lipinski definition) is 2. The van der Waals surface area contributed by atoms with Gasteiger partial charge >= 0.3 is 12.2 Å². The predicted octanol–water partition coefficient (Wildman–Crippen LogP) is 2.80. The van der Waals surface area contributed by atoms with Crippen molar-refractivity contribution in [1.29, 1.82) is 0 Å². The topological polar surface area (TPSA) is 84.5 Å². The first-order chi connectivity index (χ1) is 11.4. The highest BCUT2D eigenvalue weighted by molar-refractivity contribution is 7.91. The Balaban J connectivity index is 2.18. The highest BCUT2D eigenvalue weighted by Crippen LogP contribution is 2.35. The van der Waals surface area contributed by atoms with Crippen molar-refractivity contribution in [2.45, 2.75) is 32.0 Å². The average Bonchev–Trinajstić information content (AvgIpc) is 2.73. The number of rotatable bonds is 4. The first-order valence-corrected chi connectivity index (χ1v) is 9.40. The molecule has 1 aliphatic rings. The van der Waals surface area contributed by atoms with Gasteiger partial charge in [0.25, 0.3) is 0 Å². The van der Waals surface area contributed by atoms with Gasteiger partial charge < -0.3 is 15.4 Å². The van der Waals surface area contributed by atoms with Crippen LogP contribution in [0.15, 0.2) is 18.2 Å². The molecule has 1 aliphatic heterocycles. The molecule has 10 heteroatoms. The number of carbonyl (C=O) groups is 1. The van der Waals surface area contributed by atoms with Crippen LogP contribution in [0.3, 0.4) is 0 Å². The summed E-state index contributed by atoms with van der Waals surface area (Å²) >= 11 is 0.